The molecule has 0 aliphatic carbocycles. The zero-order valence-corrected chi connectivity index (χ0v) is 13.9. The summed E-state index contributed by atoms with van der Waals surface area (Å²) in [5.41, 5.74) is 0. The summed E-state index contributed by atoms with van der Waals surface area (Å²) in [7, 11) is 0. The lowest BCUT2D eigenvalue weighted by molar-refractivity contribution is -0.304. The molecule has 0 saturated heterocycles. The molecule has 0 radical (unpaired) electrons. The fourth-order valence-electron chi connectivity index (χ4n) is 2.04. The molecule has 0 amide bonds. The summed E-state index contributed by atoms with van der Waals surface area (Å²) in [6.07, 6.45) is -0.335. The maximum absolute atomic E-state index is 12.5. The number of alkyl halides is 3. The standard InChI is InChI=1S/C17H17F3N2O4/c1-2-24-14(11-22-10-6-9-21-12-22)15(16(23)26-17(18,19)20)25-13-7-4-3-5-8-13/h3-9,12H,2,10-11H2,1H3. The van der Waals surface area contributed by atoms with E-state index in [0.29, 0.717) is 6.54 Å². The highest BCUT2D eigenvalue weighted by Crippen LogP contribution is 2.23. The lowest BCUT2D eigenvalue weighted by Crippen LogP contribution is -2.31. The van der Waals surface area contributed by atoms with Crippen LogP contribution in [0.25, 0.3) is 0 Å². The fraction of sp³-hybridized carbons (Fsp3) is 0.294. The molecule has 140 valence electrons. The van der Waals surface area contributed by atoms with Crippen LogP contribution in [0.5, 0.6) is 5.75 Å². The number of rotatable bonds is 7. The molecule has 1 aromatic rings. The Balaban J connectivity index is 2.34. The molecule has 1 aromatic carbocycles. The molecule has 9 heteroatoms. The molecule has 1 heterocycles. The van der Waals surface area contributed by atoms with Crippen LogP contribution in [0.3, 0.4) is 0 Å². The Labute approximate surface area is 148 Å². The zero-order valence-electron chi connectivity index (χ0n) is 13.9. The zero-order chi connectivity index (χ0) is 19.0. The molecule has 2 rings (SSSR count). The Bertz CT molecular complexity index is 700. The lowest BCUT2D eigenvalue weighted by atomic mass is 10.3. The summed E-state index contributed by atoms with van der Waals surface area (Å²) in [4.78, 5) is 17.6. The maximum Gasteiger partial charge on any atom is 0.575 e. The van der Waals surface area contributed by atoms with Crippen LogP contribution in [-0.4, -0.2) is 43.3 Å². The molecule has 26 heavy (non-hydrogen) atoms. The van der Waals surface area contributed by atoms with E-state index in [1.807, 2.05) is 0 Å². The summed E-state index contributed by atoms with van der Waals surface area (Å²) >= 11 is 0. The first-order valence-corrected chi connectivity index (χ1v) is 7.70. The first-order valence-electron chi connectivity index (χ1n) is 7.70. The molecule has 1 aliphatic rings. The number of nitrogens with zero attached hydrogens (tertiary/aromatic N) is 2. The Morgan fingerprint density at radius 2 is 2.00 bits per heavy atom. The molecule has 6 nitrogen and oxygen atoms in total. The molecular weight excluding hydrogens is 353 g/mol. The van der Waals surface area contributed by atoms with Crippen LogP contribution in [0, 0.1) is 0 Å². The highest BCUT2D eigenvalue weighted by atomic mass is 19.4. The van der Waals surface area contributed by atoms with Crippen molar-refractivity contribution in [3.63, 3.8) is 0 Å². The minimum absolute atomic E-state index is 0.0171. The van der Waals surface area contributed by atoms with E-state index in [2.05, 4.69) is 9.73 Å². The summed E-state index contributed by atoms with van der Waals surface area (Å²) in [6.45, 7) is 2.19. The number of para-hydroxylation sites is 1. The van der Waals surface area contributed by atoms with E-state index in [-0.39, 0.29) is 24.7 Å². The lowest BCUT2D eigenvalue weighted by Gasteiger charge is -2.23. The third-order valence-corrected chi connectivity index (χ3v) is 3.04. The van der Waals surface area contributed by atoms with Gasteiger partial charge in [-0.2, -0.15) is 0 Å². The van der Waals surface area contributed by atoms with Crippen molar-refractivity contribution in [2.24, 2.45) is 4.99 Å². The second-order valence-electron chi connectivity index (χ2n) is 5.01. The Kier molecular flexibility index (Phi) is 6.65. The Morgan fingerprint density at radius 3 is 2.58 bits per heavy atom. The number of aliphatic imine (C=N–C) groups is 1. The van der Waals surface area contributed by atoms with Crippen LogP contribution in [0.15, 0.2) is 59.1 Å². The molecule has 0 unspecified atom stereocenters. The van der Waals surface area contributed by atoms with E-state index in [1.54, 1.807) is 42.3 Å². The molecule has 0 atom stereocenters. The number of carbonyl (C=O) groups is 1. The van der Waals surface area contributed by atoms with Crippen molar-refractivity contribution in [1.29, 1.82) is 0 Å². The van der Waals surface area contributed by atoms with Gasteiger partial charge < -0.3 is 19.1 Å². The van der Waals surface area contributed by atoms with Gasteiger partial charge in [0.15, 0.2) is 5.76 Å². The number of ether oxygens (including phenoxy) is 3. The second-order valence-corrected chi connectivity index (χ2v) is 5.01. The van der Waals surface area contributed by atoms with Gasteiger partial charge in [-0.3, -0.25) is 0 Å². The average molecular weight is 370 g/mol. The minimum Gasteiger partial charge on any atom is -0.492 e. The SMILES string of the molecule is CCOC(CN1C=NC=CC1)=C(Oc1ccccc1)C(=O)OC(F)(F)F. The van der Waals surface area contributed by atoms with Gasteiger partial charge in [0.25, 0.3) is 5.76 Å². The van der Waals surface area contributed by atoms with Crippen molar-refractivity contribution in [2.45, 2.75) is 13.3 Å². The Morgan fingerprint density at radius 1 is 1.27 bits per heavy atom. The number of halogens is 3. The van der Waals surface area contributed by atoms with Gasteiger partial charge in [-0.1, -0.05) is 18.2 Å². The predicted molar refractivity (Wildman–Crippen MR) is 87.1 cm³/mol. The smallest absolute Gasteiger partial charge is 0.492 e. The summed E-state index contributed by atoms with van der Waals surface area (Å²) in [5, 5.41) is 0. The van der Waals surface area contributed by atoms with Crippen molar-refractivity contribution in [3.05, 3.63) is 54.1 Å². The van der Waals surface area contributed by atoms with Gasteiger partial charge in [-0.15, -0.1) is 13.2 Å². The largest absolute Gasteiger partial charge is 0.575 e. The van der Waals surface area contributed by atoms with Gasteiger partial charge in [0, 0.05) is 12.7 Å². The summed E-state index contributed by atoms with van der Waals surface area (Å²) in [5.74, 6) is -2.27. The van der Waals surface area contributed by atoms with Gasteiger partial charge in [0.1, 0.15) is 5.75 Å². The molecule has 0 bridgehead atoms. The normalized spacial score (nSPS) is 14.7. The van der Waals surface area contributed by atoms with Gasteiger partial charge in [-0.25, -0.2) is 9.79 Å². The number of hydrogen-bond acceptors (Lipinski definition) is 6. The monoisotopic (exact) mass is 370 g/mol. The summed E-state index contributed by atoms with van der Waals surface area (Å²) in [6, 6.07) is 7.92. The second kappa shape index (κ2) is 8.93. The van der Waals surface area contributed by atoms with Gasteiger partial charge >= 0.3 is 12.3 Å². The van der Waals surface area contributed by atoms with Crippen LogP contribution >= 0.6 is 0 Å². The molecule has 0 N–H and O–H groups in total. The van der Waals surface area contributed by atoms with Crippen LogP contribution in [0.2, 0.25) is 0 Å². The fourth-order valence-corrected chi connectivity index (χ4v) is 2.04. The number of hydrogen-bond donors (Lipinski definition) is 0. The molecule has 0 spiro atoms. The molecular formula is C17H17F3N2O4. The molecule has 1 aliphatic heterocycles. The van der Waals surface area contributed by atoms with E-state index < -0.39 is 18.1 Å². The van der Waals surface area contributed by atoms with E-state index >= 15 is 0 Å². The molecule has 0 aromatic heterocycles. The number of benzene rings is 1. The first kappa shape index (κ1) is 19.4. The van der Waals surface area contributed by atoms with Gasteiger partial charge in [0.05, 0.1) is 19.5 Å². The van der Waals surface area contributed by atoms with Crippen molar-refractivity contribution in [2.75, 3.05) is 19.7 Å². The van der Waals surface area contributed by atoms with E-state index in [4.69, 9.17) is 9.47 Å². The quantitative estimate of drug-likeness (QED) is 0.419. The van der Waals surface area contributed by atoms with Crippen molar-refractivity contribution >= 4 is 12.3 Å². The molecule has 0 fully saturated rings. The third kappa shape index (κ3) is 6.15. The highest BCUT2D eigenvalue weighted by molar-refractivity contribution is 5.87. The highest BCUT2D eigenvalue weighted by Gasteiger charge is 2.37. The Hall–Kier alpha value is -2.97. The van der Waals surface area contributed by atoms with E-state index in [0.717, 1.165) is 0 Å². The first-order chi connectivity index (χ1) is 12.4. The van der Waals surface area contributed by atoms with Crippen LogP contribution < -0.4 is 4.74 Å². The summed E-state index contributed by atoms with van der Waals surface area (Å²) < 4.78 is 51.8. The predicted octanol–water partition coefficient (Wildman–Crippen LogP) is 3.23. The van der Waals surface area contributed by atoms with Crippen LogP contribution in [0.1, 0.15) is 6.92 Å². The van der Waals surface area contributed by atoms with Gasteiger partial charge in [-0.05, 0) is 25.1 Å². The van der Waals surface area contributed by atoms with Crippen molar-refractivity contribution in [1.82, 2.24) is 4.90 Å². The van der Waals surface area contributed by atoms with E-state index in [9.17, 15) is 18.0 Å². The van der Waals surface area contributed by atoms with Crippen molar-refractivity contribution < 1.29 is 32.2 Å². The average Bonchev–Trinajstić information content (AvgIpc) is 2.59. The van der Waals surface area contributed by atoms with Crippen LogP contribution in [-0.2, 0) is 14.3 Å². The number of esters is 1. The van der Waals surface area contributed by atoms with Crippen LogP contribution in [0.4, 0.5) is 13.2 Å². The maximum atomic E-state index is 12.5. The minimum atomic E-state index is -5.14. The topological polar surface area (TPSA) is 60.4 Å². The molecule has 0 saturated carbocycles. The van der Waals surface area contributed by atoms with E-state index in [1.165, 1.54) is 18.5 Å². The van der Waals surface area contributed by atoms with Gasteiger partial charge in [0.2, 0.25) is 0 Å². The van der Waals surface area contributed by atoms with Crippen molar-refractivity contribution in [3.8, 4) is 5.75 Å². The number of carbonyl (C=O) groups excluding carboxylic acids is 1. The third-order valence-electron chi connectivity index (χ3n) is 3.04.